The van der Waals surface area contributed by atoms with Gasteiger partial charge in [-0.2, -0.15) is 4.39 Å². The molecule has 2 heterocycles. The summed E-state index contributed by atoms with van der Waals surface area (Å²) in [5.41, 5.74) is -0.0230. The molecule has 76 valence electrons. The third-order valence-electron chi connectivity index (χ3n) is 1.47. The number of anilines is 1. The fourth-order valence-electron chi connectivity index (χ4n) is 0.878. The van der Waals surface area contributed by atoms with E-state index in [-0.39, 0.29) is 10.8 Å². The van der Waals surface area contributed by atoms with Crippen molar-refractivity contribution in [3.8, 4) is 0 Å². The van der Waals surface area contributed by atoms with Gasteiger partial charge in [0.25, 0.3) is 5.91 Å². The van der Waals surface area contributed by atoms with Crippen molar-refractivity contribution in [3.63, 3.8) is 0 Å². The number of pyridine rings is 1. The van der Waals surface area contributed by atoms with E-state index in [0.29, 0.717) is 0 Å². The van der Waals surface area contributed by atoms with Crippen LogP contribution in [0.25, 0.3) is 0 Å². The Kier molecular flexibility index (Phi) is 2.59. The van der Waals surface area contributed by atoms with Gasteiger partial charge >= 0.3 is 0 Å². The number of nitrogens with one attached hydrogen (secondary N) is 1. The van der Waals surface area contributed by atoms with E-state index in [0.717, 1.165) is 17.6 Å². The Morgan fingerprint density at radius 3 is 3.00 bits per heavy atom. The van der Waals surface area contributed by atoms with Crippen LogP contribution in [-0.4, -0.2) is 25.7 Å². The fraction of sp³-hybridized carbons (Fsp3) is 0. The molecular formula is C7H4FN5OS. The van der Waals surface area contributed by atoms with Gasteiger partial charge in [-0.1, -0.05) is 15.7 Å². The minimum atomic E-state index is -0.710. The van der Waals surface area contributed by atoms with E-state index in [4.69, 9.17) is 0 Å². The van der Waals surface area contributed by atoms with Crippen LogP contribution in [0.3, 0.4) is 0 Å². The van der Waals surface area contributed by atoms with Crippen LogP contribution in [0.15, 0.2) is 18.2 Å². The summed E-state index contributed by atoms with van der Waals surface area (Å²) in [6.45, 7) is 0. The Morgan fingerprint density at radius 1 is 1.47 bits per heavy atom. The van der Waals surface area contributed by atoms with Crippen molar-refractivity contribution in [2.45, 2.75) is 0 Å². The molecule has 0 aromatic carbocycles. The fourth-order valence-corrected chi connectivity index (χ4v) is 1.24. The van der Waals surface area contributed by atoms with Crippen LogP contribution in [0.4, 0.5) is 9.52 Å². The van der Waals surface area contributed by atoms with Crippen LogP contribution in [0, 0.1) is 5.95 Å². The Balaban J connectivity index is 2.15. The minimum Gasteiger partial charge on any atom is -0.294 e. The average Bonchev–Trinajstić information content (AvgIpc) is 2.70. The predicted octanol–water partition coefficient (Wildman–Crippen LogP) is 0.719. The summed E-state index contributed by atoms with van der Waals surface area (Å²) >= 11 is 0.924. The van der Waals surface area contributed by atoms with Gasteiger partial charge in [-0.3, -0.25) is 10.1 Å². The molecular weight excluding hydrogens is 221 g/mol. The molecule has 0 aliphatic heterocycles. The smallest absolute Gasteiger partial charge is 0.276 e. The third-order valence-corrected chi connectivity index (χ3v) is 1.98. The first-order chi connectivity index (χ1) is 7.25. The number of aromatic nitrogens is 4. The van der Waals surface area contributed by atoms with Crippen molar-refractivity contribution in [1.29, 1.82) is 0 Å². The number of hydrogen-bond donors (Lipinski definition) is 1. The lowest BCUT2D eigenvalue weighted by atomic mass is 10.3. The third kappa shape index (κ3) is 2.29. The lowest BCUT2D eigenvalue weighted by Crippen LogP contribution is -2.13. The van der Waals surface area contributed by atoms with E-state index in [9.17, 15) is 9.18 Å². The number of carbonyl (C=O) groups excluding carboxylic acids is 1. The standard InChI is InChI=1S/C7H4FN5OS/c8-5-3-1-2-4(9-5)6(14)10-7-11-12-13-15-7/h1-3H,(H,10,11,13,14). The Morgan fingerprint density at radius 2 is 2.33 bits per heavy atom. The minimum absolute atomic E-state index is 0.0230. The normalized spacial score (nSPS) is 9.93. The highest BCUT2D eigenvalue weighted by molar-refractivity contribution is 7.09. The van der Waals surface area contributed by atoms with Crippen molar-refractivity contribution in [2.24, 2.45) is 0 Å². The summed E-state index contributed by atoms with van der Waals surface area (Å²) in [6, 6.07) is 3.95. The first kappa shape index (κ1) is 9.59. The van der Waals surface area contributed by atoms with Crippen LogP contribution in [0.5, 0.6) is 0 Å². The van der Waals surface area contributed by atoms with E-state index in [1.54, 1.807) is 0 Å². The quantitative estimate of drug-likeness (QED) is 0.761. The summed E-state index contributed by atoms with van der Waals surface area (Å²) in [4.78, 5) is 14.8. The van der Waals surface area contributed by atoms with Gasteiger partial charge in [-0.15, -0.1) is 0 Å². The molecule has 1 amide bonds. The van der Waals surface area contributed by atoms with E-state index in [2.05, 4.69) is 25.1 Å². The summed E-state index contributed by atoms with van der Waals surface area (Å²) in [7, 11) is 0. The first-order valence-electron chi connectivity index (χ1n) is 3.84. The lowest BCUT2D eigenvalue weighted by molar-refractivity contribution is 0.102. The highest BCUT2D eigenvalue weighted by atomic mass is 32.1. The maximum Gasteiger partial charge on any atom is 0.276 e. The number of nitrogens with zero attached hydrogens (tertiary/aromatic N) is 4. The largest absolute Gasteiger partial charge is 0.294 e. The zero-order chi connectivity index (χ0) is 10.7. The van der Waals surface area contributed by atoms with Crippen LogP contribution in [-0.2, 0) is 0 Å². The number of amides is 1. The highest BCUT2D eigenvalue weighted by Gasteiger charge is 2.10. The molecule has 1 N–H and O–H groups in total. The molecule has 2 aromatic rings. The summed E-state index contributed by atoms with van der Waals surface area (Å²) in [6.07, 6.45) is 0. The topological polar surface area (TPSA) is 80.7 Å². The van der Waals surface area contributed by atoms with Crippen molar-refractivity contribution in [1.82, 2.24) is 19.8 Å². The molecule has 8 heteroatoms. The van der Waals surface area contributed by atoms with Crippen molar-refractivity contribution < 1.29 is 9.18 Å². The monoisotopic (exact) mass is 225 g/mol. The molecule has 0 atom stereocenters. The second kappa shape index (κ2) is 4.05. The van der Waals surface area contributed by atoms with Crippen LogP contribution in [0.2, 0.25) is 0 Å². The molecule has 0 spiro atoms. The van der Waals surface area contributed by atoms with Crippen LogP contribution in [0.1, 0.15) is 10.5 Å². The molecule has 0 saturated heterocycles. The van der Waals surface area contributed by atoms with Crippen molar-refractivity contribution >= 4 is 22.6 Å². The number of carbonyl (C=O) groups is 1. The van der Waals surface area contributed by atoms with E-state index < -0.39 is 11.9 Å². The van der Waals surface area contributed by atoms with Gasteiger partial charge in [-0.05, 0) is 17.3 Å². The molecule has 0 bridgehead atoms. The van der Waals surface area contributed by atoms with E-state index >= 15 is 0 Å². The Hall–Kier alpha value is -1.96. The second-order valence-electron chi connectivity index (χ2n) is 2.47. The number of rotatable bonds is 2. The van der Waals surface area contributed by atoms with Gasteiger partial charge in [0.2, 0.25) is 11.1 Å². The average molecular weight is 225 g/mol. The maximum absolute atomic E-state index is 12.7. The molecule has 6 nitrogen and oxygen atoms in total. The van der Waals surface area contributed by atoms with Gasteiger partial charge in [0.05, 0.1) is 0 Å². The Bertz CT molecular complexity index is 474. The van der Waals surface area contributed by atoms with Crippen molar-refractivity contribution in [2.75, 3.05) is 5.32 Å². The molecule has 2 aromatic heterocycles. The predicted molar refractivity (Wildman–Crippen MR) is 49.9 cm³/mol. The SMILES string of the molecule is O=C(Nc1nnns1)c1cccc(F)n1. The van der Waals surface area contributed by atoms with Gasteiger partial charge in [0.15, 0.2) is 0 Å². The molecule has 0 fully saturated rings. The molecule has 0 radical (unpaired) electrons. The van der Waals surface area contributed by atoms with Gasteiger partial charge in [0.1, 0.15) is 5.69 Å². The molecule has 0 aliphatic carbocycles. The first-order valence-corrected chi connectivity index (χ1v) is 4.62. The molecule has 0 saturated carbocycles. The van der Waals surface area contributed by atoms with E-state index in [1.165, 1.54) is 12.1 Å². The van der Waals surface area contributed by atoms with Gasteiger partial charge in [-0.25, -0.2) is 4.98 Å². The van der Waals surface area contributed by atoms with Crippen LogP contribution < -0.4 is 5.32 Å². The van der Waals surface area contributed by atoms with Gasteiger partial charge in [0, 0.05) is 11.5 Å². The zero-order valence-electron chi connectivity index (χ0n) is 7.22. The summed E-state index contributed by atoms with van der Waals surface area (Å²) < 4.78 is 16.1. The molecule has 2 rings (SSSR count). The highest BCUT2D eigenvalue weighted by Crippen LogP contribution is 2.07. The van der Waals surface area contributed by atoms with Crippen molar-refractivity contribution in [3.05, 3.63) is 29.8 Å². The lowest BCUT2D eigenvalue weighted by Gasteiger charge is -1.98. The van der Waals surface area contributed by atoms with E-state index in [1.807, 2.05) is 0 Å². The summed E-state index contributed by atoms with van der Waals surface area (Å²) in [5.74, 6) is -1.26. The molecule has 0 unspecified atom stereocenters. The zero-order valence-corrected chi connectivity index (χ0v) is 8.03. The second-order valence-corrected chi connectivity index (χ2v) is 3.20. The molecule has 15 heavy (non-hydrogen) atoms. The summed E-state index contributed by atoms with van der Waals surface area (Å²) in [5, 5.41) is 9.43. The number of halogens is 1. The maximum atomic E-state index is 12.7. The van der Waals surface area contributed by atoms with Gasteiger partial charge < -0.3 is 0 Å². The number of hydrogen-bond acceptors (Lipinski definition) is 6. The molecule has 0 aliphatic rings. The Labute approximate surface area is 87.3 Å². The van der Waals surface area contributed by atoms with Crippen LogP contribution >= 0.6 is 11.5 Å².